The molecule has 1 aliphatic heterocycles. The van der Waals surface area contributed by atoms with E-state index in [0.717, 1.165) is 44.8 Å². The van der Waals surface area contributed by atoms with Gasteiger partial charge in [0.05, 0.1) is 6.54 Å². The molecule has 0 aliphatic carbocycles. The van der Waals surface area contributed by atoms with Gasteiger partial charge in [0.15, 0.2) is 0 Å². The molecule has 23 heavy (non-hydrogen) atoms. The highest BCUT2D eigenvalue weighted by Crippen LogP contribution is 1.97. The molecule has 1 fully saturated rings. The van der Waals surface area contributed by atoms with E-state index in [1.807, 2.05) is 37.4 Å². The smallest absolute Gasteiger partial charge is 0.234 e. The molecule has 1 heterocycles. The lowest BCUT2D eigenvalue weighted by molar-refractivity contribution is -0.122. The second kappa shape index (κ2) is 12.6. The Morgan fingerprint density at radius 1 is 1.22 bits per heavy atom. The molecule has 1 amide bonds. The topological polar surface area (TPSA) is 47.6 Å². The standard InChI is InChI=1S/C16H26N4O.2ClH/c1-19(11-12-20-9-7-17-8-10-20)14-16(21)18-13-15-5-3-2-4-6-15;;/h2-6,17H,7-14H2,1H3,(H,18,21);2*1H. The quantitative estimate of drug-likeness (QED) is 0.759. The summed E-state index contributed by atoms with van der Waals surface area (Å²) in [5.41, 5.74) is 1.13. The molecule has 0 radical (unpaired) electrons. The number of piperazine rings is 1. The first-order valence-electron chi connectivity index (χ1n) is 7.66. The molecule has 0 aromatic heterocycles. The molecule has 1 aromatic rings. The molecule has 1 aromatic carbocycles. The van der Waals surface area contributed by atoms with Crippen molar-refractivity contribution in [2.24, 2.45) is 0 Å². The molecule has 5 nitrogen and oxygen atoms in total. The summed E-state index contributed by atoms with van der Waals surface area (Å²) < 4.78 is 0. The first-order valence-corrected chi connectivity index (χ1v) is 7.66. The molecule has 0 saturated carbocycles. The van der Waals surface area contributed by atoms with Crippen LogP contribution in [0.15, 0.2) is 30.3 Å². The number of nitrogens with one attached hydrogen (secondary N) is 2. The molecular weight excluding hydrogens is 335 g/mol. The number of amides is 1. The lowest BCUT2D eigenvalue weighted by Gasteiger charge is -2.28. The average Bonchev–Trinajstić information content (AvgIpc) is 2.53. The Kier molecular flexibility index (Phi) is 12.1. The first kappa shape index (κ1) is 22.1. The second-order valence-electron chi connectivity index (χ2n) is 5.59. The third-order valence-electron chi connectivity index (χ3n) is 3.75. The molecule has 0 unspecified atom stereocenters. The highest BCUT2D eigenvalue weighted by molar-refractivity contribution is 5.85. The van der Waals surface area contributed by atoms with Gasteiger partial charge in [0.25, 0.3) is 0 Å². The van der Waals surface area contributed by atoms with Gasteiger partial charge in [0.1, 0.15) is 0 Å². The third kappa shape index (κ3) is 9.13. The van der Waals surface area contributed by atoms with Crippen molar-refractivity contribution >= 4 is 30.7 Å². The maximum atomic E-state index is 11.9. The summed E-state index contributed by atoms with van der Waals surface area (Å²) in [5, 5.41) is 6.31. The van der Waals surface area contributed by atoms with E-state index in [0.29, 0.717) is 13.1 Å². The second-order valence-corrected chi connectivity index (χ2v) is 5.59. The molecule has 1 aliphatic rings. The van der Waals surface area contributed by atoms with Crippen LogP contribution >= 0.6 is 24.8 Å². The number of carbonyl (C=O) groups excluding carboxylic acids is 1. The first-order chi connectivity index (χ1) is 10.2. The summed E-state index contributed by atoms with van der Waals surface area (Å²) in [5.74, 6) is 0.0849. The van der Waals surface area contributed by atoms with Crippen LogP contribution in [0.25, 0.3) is 0 Å². The Labute approximate surface area is 151 Å². The van der Waals surface area contributed by atoms with E-state index >= 15 is 0 Å². The van der Waals surface area contributed by atoms with Crippen molar-refractivity contribution in [1.29, 1.82) is 0 Å². The maximum Gasteiger partial charge on any atom is 0.234 e. The van der Waals surface area contributed by atoms with E-state index in [-0.39, 0.29) is 30.7 Å². The molecule has 0 bridgehead atoms. The SMILES string of the molecule is CN(CCN1CCNCC1)CC(=O)NCc1ccccc1.Cl.Cl. The van der Waals surface area contributed by atoms with Crippen molar-refractivity contribution in [2.45, 2.75) is 6.54 Å². The van der Waals surface area contributed by atoms with Gasteiger partial charge in [-0.1, -0.05) is 30.3 Å². The zero-order chi connectivity index (χ0) is 14.9. The highest BCUT2D eigenvalue weighted by Gasteiger charge is 2.11. The van der Waals surface area contributed by atoms with Gasteiger partial charge in [-0.15, -0.1) is 24.8 Å². The minimum absolute atomic E-state index is 0. The summed E-state index contributed by atoms with van der Waals surface area (Å²) in [6, 6.07) is 10.0. The largest absolute Gasteiger partial charge is 0.351 e. The molecular formula is C16H28Cl2N4O. The van der Waals surface area contributed by atoms with Gasteiger partial charge in [0, 0.05) is 45.8 Å². The van der Waals surface area contributed by atoms with Crippen LogP contribution in [0.2, 0.25) is 0 Å². The van der Waals surface area contributed by atoms with E-state index in [9.17, 15) is 4.79 Å². The Balaban J connectivity index is 0.00000242. The van der Waals surface area contributed by atoms with Crippen molar-refractivity contribution in [3.05, 3.63) is 35.9 Å². The van der Waals surface area contributed by atoms with Crippen LogP contribution in [0.4, 0.5) is 0 Å². The minimum atomic E-state index is 0. The van der Waals surface area contributed by atoms with E-state index in [1.165, 1.54) is 0 Å². The number of benzene rings is 1. The van der Waals surface area contributed by atoms with Gasteiger partial charge in [-0.05, 0) is 12.6 Å². The number of halogens is 2. The maximum absolute atomic E-state index is 11.9. The van der Waals surface area contributed by atoms with Crippen LogP contribution in [0.1, 0.15) is 5.56 Å². The van der Waals surface area contributed by atoms with Crippen LogP contribution < -0.4 is 10.6 Å². The van der Waals surface area contributed by atoms with E-state index in [2.05, 4.69) is 20.4 Å². The predicted octanol–water partition coefficient (Wildman–Crippen LogP) is 0.983. The monoisotopic (exact) mass is 362 g/mol. The zero-order valence-electron chi connectivity index (χ0n) is 13.7. The summed E-state index contributed by atoms with van der Waals surface area (Å²) in [4.78, 5) is 16.4. The number of nitrogens with zero attached hydrogens (tertiary/aromatic N) is 2. The van der Waals surface area contributed by atoms with Gasteiger partial charge < -0.3 is 10.6 Å². The molecule has 7 heteroatoms. The van der Waals surface area contributed by atoms with Gasteiger partial charge in [-0.2, -0.15) is 0 Å². The van der Waals surface area contributed by atoms with E-state index in [4.69, 9.17) is 0 Å². The molecule has 2 rings (SSSR count). The highest BCUT2D eigenvalue weighted by atomic mass is 35.5. The van der Waals surface area contributed by atoms with Crippen molar-refractivity contribution in [2.75, 3.05) is 52.9 Å². The fourth-order valence-corrected chi connectivity index (χ4v) is 2.42. The fourth-order valence-electron chi connectivity index (χ4n) is 2.42. The van der Waals surface area contributed by atoms with E-state index < -0.39 is 0 Å². The number of hydrogen-bond acceptors (Lipinski definition) is 4. The molecule has 2 N–H and O–H groups in total. The number of rotatable bonds is 7. The molecule has 0 atom stereocenters. The normalized spacial score (nSPS) is 14.7. The van der Waals surface area contributed by atoms with Crippen LogP contribution in [0.5, 0.6) is 0 Å². The molecule has 0 spiro atoms. The minimum Gasteiger partial charge on any atom is -0.351 e. The van der Waals surface area contributed by atoms with Crippen molar-refractivity contribution in [1.82, 2.24) is 20.4 Å². The lowest BCUT2D eigenvalue weighted by atomic mass is 10.2. The number of likely N-dealkylation sites (N-methyl/N-ethyl adjacent to an activating group) is 1. The van der Waals surface area contributed by atoms with Gasteiger partial charge >= 0.3 is 0 Å². The van der Waals surface area contributed by atoms with Crippen LogP contribution in [-0.4, -0.2) is 68.6 Å². The Morgan fingerprint density at radius 2 is 1.87 bits per heavy atom. The third-order valence-corrected chi connectivity index (χ3v) is 3.75. The summed E-state index contributed by atoms with van der Waals surface area (Å²) in [7, 11) is 2.00. The number of hydrogen-bond donors (Lipinski definition) is 2. The van der Waals surface area contributed by atoms with Crippen LogP contribution in [0, 0.1) is 0 Å². The summed E-state index contributed by atoms with van der Waals surface area (Å²) >= 11 is 0. The van der Waals surface area contributed by atoms with Crippen molar-refractivity contribution in [3.8, 4) is 0 Å². The number of carbonyl (C=O) groups is 1. The summed E-state index contributed by atoms with van der Waals surface area (Å²) in [6.45, 7) is 7.37. The fraction of sp³-hybridized carbons (Fsp3) is 0.562. The summed E-state index contributed by atoms with van der Waals surface area (Å²) in [6.07, 6.45) is 0. The Bertz CT molecular complexity index is 427. The van der Waals surface area contributed by atoms with Crippen LogP contribution in [-0.2, 0) is 11.3 Å². The van der Waals surface area contributed by atoms with Crippen molar-refractivity contribution in [3.63, 3.8) is 0 Å². The zero-order valence-corrected chi connectivity index (χ0v) is 15.3. The Hall–Kier alpha value is -0.850. The predicted molar refractivity (Wildman–Crippen MR) is 99.6 cm³/mol. The Morgan fingerprint density at radius 3 is 2.52 bits per heavy atom. The lowest BCUT2D eigenvalue weighted by Crippen LogP contribution is -2.46. The van der Waals surface area contributed by atoms with Gasteiger partial charge in [0.2, 0.25) is 5.91 Å². The van der Waals surface area contributed by atoms with Crippen LogP contribution in [0.3, 0.4) is 0 Å². The molecule has 132 valence electrons. The van der Waals surface area contributed by atoms with E-state index in [1.54, 1.807) is 0 Å². The van der Waals surface area contributed by atoms with Crippen molar-refractivity contribution < 1.29 is 4.79 Å². The van der Waals surface area contributed by atoms with Gasteiger partial charge in [-0.25, -0.2) is 0 Å². The average molecular weight is 363 g/mol. The molecule has 1 saturated heterocycles. The van der Waals surface area contributed by atoms with Gasteiger partial charge in [-0.3, -0.25) is 14.6 Å².